The molecule has 1 unspecified atom stereocenters. The third kappa shape index (κ3) is 9.92. The van der Waals surface area contributed by atoms with Gasteiger partial charge in [-0.1, -0.05) is 20.3 Å². The van der Waals surface area contributed by atoms with Gasteiger partial charge in [0, 0.05) is 13.0 Å². The highest BCUT2D eigenvalue weighted by molar-refractivity contribution is 6.45. The molecule has 3 N–H and O–H groups in total. The van der Waals surface area contributed by atoms with E-state index < -0.39 is 34.9 Å². The highest BCUT2D eigenvalue weighted by Gasteiger charge is 2.50. The van der Waals surface area contributed by atoms with Gasteiger partial charge in [-0.2, -0.15) is 0 Å². The highest BCUT2D eigenvalue weighted by Crippen LogP contribution is 2.38. The number of rotatable bonds is 11. The molecule has 190 valence electrons. The lowest BCUT2D eigenvalue weighted by atomic mass is 9.80. The Hall–Kier alpha value is -1.81. The SMILES string of the molecule is CC(C)[C@H](NC(=O)OC(C)(C)C)C(=O)NCC(CCCB1OC(C)(C)C(C)(C)O1)CC(=O)O. The number of carbonyl (C=O) groups excluding carboxylic acids is 2. The Balaban J connectivity index is 2.61. The standard InChI is InChI=1S/C23H43BN2O7/c1-15(2)18(26-20(30)31-21(3,4)5)19(29)25-14-16(13-17(27)28)11-10-12-24-32-22(6,7)23(8,9)33-24/h15-16,18H,10-14H2,1-9H3,(H,25,29)(H,26,30)(H,27,28)/t16?,18-/m0/s1. The van der Waals surface area contributed by atoms with Crippen LogP contribution >= 0.6 is 0 Å². The molecule has 0 aromatic rings. The van der Waals surface area contributed by atoms with Crippen molar-refractivity contribution < 1.29 is 33.5 Å². The summed E-state index contributed by atoms with van der Waals surface area (Å²) in [5, 5.41) is 14.7. The van der Waals surface area contributed by atoms with Crippen LogP contribution in [0.4, 0.5) is 4.79 Å². The molecule has 0 aliphatic carbocycles. The molecular formula is C23H43BN2O7. The Morgan fingerprint density at radius 2 is 1.61 bits per heavy atom. The molecular weight excluding hydrogens is 427 g/mol. The second-order valence-corrected chi connectivity index (χ2v) is 11.2. The van der Waals surface area contributed by atoms with Crippen LogP contribution in [-0.2, 0) is 23.6 Å². The molecule has 0 aromatic carbocycles. The predicted molar refractivity (Wildman–Crippen MR) is 127 cm³/mol. The van der Waals surface area contributed by atoms with Crippen LogP contribution in [0, 0.1) is 11.8 Å². The lowest BCUT2D eigenvalue weighted by Gasteiger charge is -2.32. The summed E-state index contributed by atoms with van der Waals surface area (Å²) in [5.74, 6) is -1.70. The van der Waals surface area contributed by atoms with Gasteiger partial charge in [0.05, 0.1) is 11.2 Å². The van der Waals surface area contributed by atoms with E-state index in [-0.39, 0.29) is 37.8 Å². The molecule has 0 bridgehead atoms. The maximum Gasteiger partial charge on any atom is 0.457 e. The molecule has 0 radical (unpaired) electrons. The predicted octanol–water partition coefficient (Wildman–Crippen LogP) is 3.62. The number of carboxylic acid groups (broad SMARTS) is 1. The monoisotopic (exact) mass is 470 g/mol. The lowest BCUT2D eigenvalue weighted by molar-refractivity contribution is -0.138. The minimum atomic E-state index is -0.919. The van der Waals surface area contributed by atoms with Crippen molar-refractivity contribution in [1.29, 1.82) is 0 Å². The second-order valence-electron chi connectivity index (χ2n) is 11.2. The van der Waals surface area contributed by atoms with Gasteiger partial charge in [0.15, 0.2) is 0 Å². The van der Waals surface area contributed by atoms with Crippen molar-refractivity contribution in [2.24, 2.45) is 11.8 Å². The lowest BCUT2D eigenvalue weighted by Crippen LogP contribution is -2.51. The van der Waals surface area contributed by atoms with E-state index in [2.05, 4.69) is 10.6 Å². The number of hydrogen-bond donors (Lipinski definition) is 3. The van der Waals surface area contributed by atoms with Gasteiger partial charge < -0.3 is 29.8 Å². The topological polar surface area (TPSA) is 123 Å². The first-order valence-electron chi connectivity index (χ1n) is 11.8. The molecule has 1 aliphatic heterocycles. The van der Waals surface area contributed by atoms with Gasteiger partial charge in [-0.05, 0) is 73.0 Å². The summed E-state index contributed by atoms with van der Waals surface area (Å²) in [6.07, 6.45) is 1.22. The molecule has 2 amide bonds. The van der Waals surface area contributed by atoms with Gasteiger partial charge in [0.25, 0.3) is 0 Å². The van der Waals surface area contributed by atoms with Crippen molar-refractivity contribution in [3.8, 4) is 0 Å². The van der Waals surface area contributed by atoms with E-state index in [1.807, 2.05) is 41.5 Å². The average Bonchev–Trinajstić information content (AvgIpc) is 2.81. The summed E-state index contributed by atoms with van der Waals surface area (Å²) < 4.78 is 17.2. The Morgan fingerprint density at radius 1 is 1.06 bits per heavy atom. The van der Waals surface area contributed by atoms with E-state index in [1.165, 1.54) is 0 Å². The van der Waals surface area contributed by atoms with Gasteiger partial charge >= 0.3 is 19.2 Å². The first-order valence-corrected chi connectivity index (χ1v) is 11.8. The second kappa shape index (κ2) is 11.6. The van der Waals surface area contributed by atoms with E-state index >= 15 is 0 Å². The maximum atomic E-state index is 12.7. The van der Waals surface area contributed by atoms with E-state index in [1.54, 1.807) is 20.8 Å². The molecule has 1 aliphatic rings. The van der Waals surface area contributed by atoms with Crippen molar-refractivity contribution in [3.63, 3.8) is 0 Å². The van der Waals surface area contributed by atoms with Crippen molar-refractivity contribution >= 4 is 25.1 Å². The van der Waals surface area contributed by atoms with Crippen molar-refractivity contribution in [1.82, 2.24) is 10.6 Å². The van der Waals surface area contributed by atoms with E-state index in [4.69, 9.17) is 14.0 Å². The summed E-state index contributed by atoms with van der Waals surface area (Å²) in [5.41, 5.74) is -1.48. The van der Waals surface area contributed by atoms with Gasteiger partial charge in [-0.3, -0.25) is 9.59 Å². The number of ether oxygens (including phenoxy) is 1. The summed E-state index contributed by atoms with van der Waals surface area (Å²) >= 11 is 0. The van der Waals surface area contributed by atoms with Crippen LogP contribution in [0.2, 0.25) is 6.32 Å². The number of carboxylic acids is 1. The Labute approximate surface area is 198 Å². The number of amides is 2. The average molecular weight is 470 g/mol. The minimum Gasteiger partial charge on any atom is -0.481 e. The Bertz CT molecular complexity index is 673. The van der Waals surface area contributed by atoms with Crippen LogP contribution in [0.3, 0.4) is 0 Å². The molecule has 1 rings (SSSR count). The number of alkyl carbamates (subject to hydrolysis) is 1. The van der Waals surface area contributed by atoms with Crippen LogP contribution in [0.25, 0.3) is 0 Å². The summed E-state index contributed by atoms with van der Waals surface area (Å²) in [6, 6.07) is -0.782. The minimum absolute atomic E-state index is 0.0600. The smallest absolute Gasteiger partial charge is 0.457 e. The molecule has 1 fully saturated rings. The summed E-state index contributed by atoms with van der Waals surface area (Å²) in [6.45, 7) is 17.1. The fraction of sp³-hybridized carbons (Fsp3) is 0.870. The molecule has 9 nitrogen and oxygen atoms in total. The van der Waals surface area contributed by atoms with Gasteiger partial charge in [0.2, 0.25) is 5.91 Å². The van der Waals surface area contributed by atoms with E-state index in [0.29, 0.717) is 19.2 Å². The highest BCUT2D eigenvalue weighted by atomic mass is 16.7. The number of carbonyl (C=O) groups is 3. The van der Waals surface area contributed by atoms with Crippen LogP contribution in [0.1, 0.15) is 81.6 Å². The Kier molecular flexibility index (Phi) is 10.2. The van der Waals surface area contributed by atoms with Crippen LogP contribution in [0.5, 0.6) is 0 Å². The van der Waals surface area contributed by atoms with E-state index in [0.717, 1.165) is 0 Å². The van der Waals surface area contributed by atoms with Crippen LogP contribution < -0.4 is 10.6 Å². The molecule has 0 spiro atoms. The van der Waals surface area contributed by atoms with E-state index in [9.17, 15) is 19.5 Å². The number of aliphatic carboxylic acids is 1. The van der Waals surface area contributed by atoms with Gasteiger partial charge in [-0.25, -0.2) is 4.79 Å². The van der Waals surface area contributed by atoms with Crippen LogP contribution in [0.15, 0.2) is 0 Å². The first-order chi connectivity index (χ1) is 14.9. The fourth-order valence-electron chi connectivity index (χ4n) is 3.50. The van der Waals surface area contributed by atoms with Crippen molar-refractivity contribution in [3.05, 3.63) is 0 Å². The molecule has 0 saturated carbocycles. The Morgan fingerprint density at radius 3 is 2.06 bits per heavy atom. The van der Waals surface area contributed by atoms with Crippen molar-refractivity contribution in [2.45, 2.75) is 111 Å². The molecule has 0 aromatic heterocycles. The van der Waals surface area contributed by atoms with Crippen molar-refractivity contribution in [2.75, 3.05) is 6.54 Å². The molecule has 10 heteroatoms. The fourth-order valence-corrected chi connectivity index (χ4v) is 3.50. The normalized spacial score (nSPS) is 19.2. The molecule has 33 heavy (non-hydrogen) atoms. The summed E-state index contributed by atoms with van der Waals surface area (Å²) in [4.78, 5) is 36.2. The first kappa shape index (κ1) is 29.2. The van der Waals surface area contributed by atoms with Crippen LogP contribution in [-0.4, -0.2) is 59.6 Å². The molecule has 1 heterocycles. The zero-order valence-electron chi connectivity index (χ0n) is 21.7. The number of nitrogens with one attached hydrogen (secondary N) is 2. The summed E-state index contributed by atoms with van der Waals surface area (Å²) in [7, 11) is -0.335. The number of hydrogen-bond acceptors (Lipinski definition) is 6. The van der Waals surface area contributed by atoms with Gasteiger partial charge in [0.1, 0.15) is 11.6 Å². The maximum absolute atomic E-state index is 12.7. The molecule has 1 saturated heterocycles. The third-order valence-corrected chi connectivity index (χ3v) is 6.00. The zero-order chi connectivity index (χ0) is 25.6. The zero-order valence-corrected chi connectivity index (χ0v) is 21.7. The van der Waals surface area contributed by atoms with Gasteiger partial charge in [-0.15, -0.1) is 0 Å². The third-order valence-electron chi connectivity index (χ3n) is 6.00. The molecule has 2 atom stereocenters. The quantitative estimate of drug-likeness (QED) is 0.394. The largest absolute Gasteiger partial charge is 0.481 e.